The van der Waals surface area contributed by atoms with Gasteiger partial charge in [0, 0.05) is 18.5 Å². The van der Waals surface area contributed by atoms with E-state index in [4.69, 9.17) is 16.3 Å². The normalized spacial score (nSPS) is 11.5. The quantitative estimate of drug-likeness (QED) is 0.195. The van der Waals surface area contributed by atoms with Crippen LogP contribution in [-0.4, -0.2) is 34.8 Å². The fourth-order valence-corrected chi connectivity index (χ4v) is 2.25. The number of benzene rings is 2. The molecule has 1 unspecified atom stereocenters. The van der Waals surface area contributed by atoms with E-state index in [0.29, 0.717) is 5.17 Å². The van der Waals surface area contributed by atoms with Gasteiger partial charge in [-0.05, 0) is 23.8 Å². The standard InChI is InChI=1S/C18H22N4O5/c19-14-7-6-13(10-15(14)22(20)26)17(24)21-9-8-16(23)18(25)27-11-12-4-2-1-3-5-12/h1-7,10,16,23,26H,8-9,11,19-20H2,(H,21,24). The summed E-state index contributed by atoms with van der Waals surface area (Å²) in [6, 6.07) is 13.3. The van der Waals surface area contributed by atoms with Crippen molar-refractivity contribution in [2.45, 2.75) is 19.1 Å². The molecular formula is C18H22N4O5. The number of hydrogen-bond donors (Lipinski definition) is 5. The third-order valence-electron chi connectivity index (χ3n) is 3.74. The summed E-state index contributed by atoms with van der Waals surface area (Å²) >= 11 is 0. The van der Waals surface area contributed by atoms with E-state index in [1.165, 1.54) is 18.2 Å². The molecule has 2 aromatic rings. The highest BCUT2D eigenvalue weighted by atomic mass is 16.5. The predicted octanol–water partition coefficient (Wildman–Crippen LogP) is 0.562. The molecule has 27 heavy (non-hydrogen) atoms. The second kappa shape index (κ2) is 9.53. The van der Waals surface area contributed by atoms with E-state index in [-0.39, 0.29) is 36.5 Å². The number of amides is 1. The summed E-state index contributed by atoms with van der Waals surface area (Å²) in [5.74, 6) is 3.99. The van der Waals surface area contributed by atoms with Gasteiger partial charge >= 0.3 is 5.97 Å². The Bertz CT molecular complexity index is 783. The topological polar surface area (TPSA) is 151 Å². The minimum atomic E-state index is -1.35. The van der Waals surface area contributed by atoms with E-state index in [9.17, 15) is 19.9 Å². The number of hydrogen-bond acceptors (Lipinski definition) is 8. The van der Waals surface area contributed by atoms with Crippen molar-refractivity contribution in [3.8, 4) is 0 Å². The Morgan fingerprint density at radius 1 is 1.19 bits per heavy atom. The number of carbonyl (C=O) groups excluding carboxylic acids is 2. The van der Waals surface area contributed by atoms with Crippen molar-refractivity contribution in [1.82, 2.24) is 5.32 Å². The number of anilines is 2. The van der Waals surface area contributed by atoms with E-state index in [1.807, 2.05) is 18.2 Å². The zero-order valence-electron chi connectivity index (χ0n) is 14.5. The maximum atomic E-state index is 12.1. The molecule has 0 bridgehead atoms. The smallest absolute Gasteiger partial charge is 0.335 e. The van der Waals surface area contributed by atoms with Crippen LogP contribution in [0.4, 0.5) is 11.4 Å². The lowest BCUT2D eigenvalue weighted by Gasteiger charge is -2.14. The molecule has 0 aliphatic carbocycles. The molecule has 0 aromatic heterocycles. The minimum Gasteiger partial charge on any atom is -0.459 e. The number of nitrogen functional groups attached to an aromatic ring is 1. The molecule has 2 aromatic carbocycles. The summed E-state index contributed by atoms with van der Waals surface area (Å²) in [5.41, 5.74) is 6.94. The van der Waals surface area contributed by atoms with Gasteiger partial charge in [-0.15, -0.1) is 0 Å². The van der Waals surface area contributed by atoms with Crippen molar-refractivity contribution < 1.29 is 24.6 Å². The Labute approximate surface area is 156 Å². The van der Waals surface area contributed by atoms with Crippen LogP contribution in [0.5, 0.6) is 0 Å². The van der Waals surface area contributed by atoms with Crippen molar-refractivity contribution in [2.75, 3.05) is 17.5 Å². The van der Waals surface area contributed by atoms with Crippen LogP contribution < -0.4 is 22.1 Å². The number of aliphatic hydroxyl groups excluding tert-OH is 1. The first-order valence-corrected chi connectivity index (χ1v) is 8.18. The molecule has 1 atom stereocenters. The van der Waals surface area contributed by atoms with Crippen LogP contribution in [0.2, 0.25) is 0 Å². The third kappa shape index (κ3) is 5.96. The molecule has 0 spiro atoms. The van der Waals surface area contributed by atoms with Crippen LogP contribution in [0.3, 0.4) is 0 Å². The van der Waals surface area contributed by atoms with Crippen LogP contribution in [0.25, 0.3) is 0 Å². The third-order valence-corrected chi connectivity index (χ3v) is 3.74. The largest absolute Gasteiger partial charge is 0.459 e. The maximum absolute atomic E-state index is 12.1. The maximum Gasteiger partial charge on any atom is 0.335 e. The van der Waals surface area contributed by atoms with Crippen molar-refractivity contribution in [3.05, 3.63) is 59.7 Å². The SMILES string of the molecule is Nc1ccc(C(=O)NCCC(O)C(=O)OCc2ccccc2)cc1N(N)O. The van der Waals surface area contributed by atoms with E-state index < -0.39 is 18.0 Å². The van der Waals surface area contributed by atoms with Gasteiger partial charge < -0.3 is 20.9 Å². The molecule has 9 heteroatoms. The highest BCUT2D eigenvalue weighted by molar-refractivity contribution is 5.96. The zero-order valence-corrected chi connectivity index (χ0v) is 14.5. The summed E-state index contributed by atoms with van der Waals surface area (Å²) in [6.07, 6.45) is -1.36. The average Bonchev–Trinajstić information content (AvgIpc) is 2.66. The predicted molar refractivity (Wildman–Crippen MR) is 98.5 cm³/mol. The van der Waals surface area contributed by atoms with Gasteiger partial charge in [0.25, 0.3) is 5.91 Å². The Kier molecular flexibility index (Phi) is 7.12. The molecule has 7 N–H and O–H groups in total. The lowest BCUT2D eigenvalue weighted by atomic mass is 10.1. The van der Waals surface area contributed by atoms with Gasteiger partial charge in [-0.25, -0.2) is 10.6 Å². The Morgan fingerprint density at radius 2 is 1.89 bits per heavy atom. The summed E-state index contributed by atoms with van der Waals surface area (Å²) in [5, 5.41) is 22.0. The molecular weight excluding hydrogens is 352 g/mol. The van der Waals surface area contributed by atoms with Crippen LogP contribution >= 0.6 is 0 Å². The monoisotopic (exact) mass is 374 g/mol. The number of ether oxygens (including phenoxy) is 1. The van der Waals surface area contributed by atoms with E-state index in [2.05, 4.69) is 5.32 Å². The molecule has 0 aliphatic rings. The number of hydrazine groups is 1. The molecule has 0 saturated heterocycles. The Morgan fingerprint density at radius 3 is 2.56 bits per heavy atom. The van der Waals surface area contributed by atoms with Gasteiger partial charge in [0.2, 0.25) is 0 Å². The van der Waals surface area contributed by atoms with E-state index in [0.717, 1.165) is 5.56 Å². The lowest BCUT2D eigenvalue weighted by Crippen LogP contribution is -2.31. The van der Waals surface area contributed by atoms with Crippen molar-refractivity contribution in [3.63, 3.8) is 0 Å². The summed E-state index contributed by atoms with van der Waals surface area (Å²) in [7, 11) is 0. The first-order valence-electron chi connectivity index (χ1n) is 8.18. The molecule has 0 aliphatic heterocycles. The van der Waals surface area contributed by atoms with Gasteiger partial charge in [0.15, 0.2) is 6.10 Å². The number of nitrogens with one attached hydrogen (secondary N) is 1. The van der Waals surface area contributed by atoms with Gasteiger partial charge in [-0.1, -0.05) is 30.3 Å². The Hall–Kier alpha value is -3.14. The molecule has 1 amide bonds. The number of rotatable bonds is 8. The molecule has 9 nitrogen and oxygen atoms in total. The minimum absolute atomic E-state index is 0.00972. The second-order valence-corrected chi connectivity index (χ2v) is 5.77. The number of nitrogens with two attached hydrogens (primary N) is 2. The zero-order chi connectivity index (χ0) is 19.8. The van der Waals surface area contributed by atoms with Crippen LogP contribution in [0.15, 0.2) is 48.5 Å². The van der Waals surface area contributed by atoms with Crippen molar-refractivity contribution in [1.29, 1.82) is 0 Å². The molecule has 144 valence electrons. The Balaban J connectivity index is 1.78. The number of nitrogens with zero attached hydrogens (tertiary/aromatic N) is 1. The molecule has 0 saturated carbocycles. The molecule has 0 radical (unpaired) electrons. The molecule has 0 fully saturated rings. The van der Waals surface area contributed by atoms with Gasteiger partial charge in [-0.3, -0.25) is 10.0 Å². The highest BCUT2D eigenvalue weighted by Gasteiger charge is 2.17. The van der Waals surface area contributed by atoms with Crippen LogP contribution in [-0.2, 0) is 16.1 Å². The number of esters is 1. The molecule has 0 heterocycles. The van der Waals surface area contributed by atoms with Crippen molar-refractivity contribution >= 4 is 23.3 Å². The van der Waals surface area contributed by atoms with Crippen LogP contribution in [0.1, 0.15) is 22.3 Å². The molecule has 2 rings (SSSR count). The summed E-state index contributed by atoms with van der Waals surface area (Å²) in [4.78, 5) is 23.9. The first kappa shape index (κ1) is 20.2. The lowest BCUT2D eigenvalue weighted by molar-refractivity contribution is -0.155. The van der Waals surface area contributed by atoms with Crippen molar-refractivity contribution in [2.24, 2.45) is 5.84 Å². The number of aliphatic hydroxyl groups is 1. The van der Waals surface area contributed by atoms with Gasteiger partial charge in [-0.2, -0.15) is 5.17 Å². The van der Waals surface area contributed by atoms with E-state index in [1.54, 1.807) is 12.1 Å². The second-order valence-electron chi connectivity index (χ2n) is 5.77. The first-order chi connectivity index (χ1) is 12.9. The summed E-state index contributed by atoms with van der Waals surface area (Å²) < 4.78 is 5.02. The van der Waals surface area contributed by atoms with Gasteiger partial charge in [0.1, 0.15) is 12.3 Å². The van der Waals surface area contributed by atoms with E-state index >= 15 is 0 Å². The van der Waals surface area contributed by atoms with Gasteiger partial charge in [0.05, 0.1) is 5.69 Å². The number of carbonyl (C=O) groups is 2. The fourth-order valence-electron chi connectivity index (χ4n) is 2.25. The average molecular weight is 374 g/mol. The fraction of sp³-hybridized carbons (Fsp3) is 0.222. The highest BCUT2D eigenvalue weighted by Crippen LogP contribution is 2.21. The summed E-state index contributed by atoms with van der Waals surface area (Å²) in [6.45, 7) is 0.111. The van der Waals surface area contributed by atoms with Crippen LogP contribution in [0, 0.1) is 0 Å².